The number of benzene rings is 2. The van der Waals surface area contributed by atoms with Crippen molar-refractivity contribution in [3.05, 3.63) is 64.2 Å². The van der Waals surface area contributed by atoms with Crippen LogP contribution >= 0.6 is 11.6 Å². The van der Waals surface area contributed by atoms with Crippen LogP contribution in [0, 0.1) is 17.6 Å². The van der Waals surface area contributed by atoms with Gasteiger partial charge in [0, 0.05) is 18.6 Å². The topological polar surface area (TPSA) is 108 Å². The van der Waals surface area contributed by atoms with Crippen molar-refractivity contribution >= 4 is 41.1 Å². The second-order valence-electron chi connectivity index (χ2n) is 11.6. The molecule has 1 aliphatic heterocycles. The van der Waals surface area contributed by atoms with Crippen LogP contribution in [0.15, 0.2) is 36.4 Å². The number of para-hydroxylation sites is 1. The molecule has 228 valence electrons. The van der Waals surface area contributed by atoms with E-state index in [-0.39, 0.29) is 6.54 Å². The zero-order valence-corrected chi connectivity index (χ0v) is 25.5. The Labute approximate surface area is 249 Å². The highest BCUT2D eigenvalue weighted by molar-refractivity contribution is 6.30. The van der Waals surface area contributed by atoms with Gasteiger partial charge >= 0.3 is 6.09 Å². The monoisotopic (exact) mass is 606 g/mol. The van der Waals surface area contributed by atoms with Crippen molar-refractivity contribution in [2.24, 2.45) is 5.92 Å². The van der Waals surface area contributed by atoms with E-state index in [9.17, 15) is 28.0 Å². The molecule has 0 radical (unpaired) electrons. The maximum Gasteiger partial charge on any atom is 0.410 e. The summed E-state index contributed by atoms with van der Waals surface area (Å²) < 4.78 is 34.2. The number of likely N-dealkylation sites (N-methyl/N-ethyl adjacent to an activating group) is 1. The molecule has 3 atom stereocenters. The van der Waals surface area contributed by atoms with Gasteiger partial charge in [0.15, 0.2) is 0 Å². The van der Waals surface area contributed by atoms with E-state index in [1.165, 1.54) is 24.9 Å². The van der Waals surface area contributed by atoms with Crippen LogP contribution in [0.5, 0.6) is 0 Å². The minimum absolute atomic E-state index is 0.0798. The summed E-state index contributed by atoms with van der Waals surface area (Å²) in [6.07, 6.45) is -0.350. The van der Waals surface area contributed by atoms with Gasteiger partial charge in [0.05, 0.1) is 0 Å². The molecular formula is C30H37ClF2N4O5. The van der Waals surface area contributed by atoms with Gasteiger partial charge in [-0.2, -0.15) is 0 Å². The number of fused-ring (bicyclic) bond motifs is 1. The first kappa shape index (κ1) is 32.8. The zero-order valence-electron chi connectivity index (χ0n) is 24.8. The molecule has 0 spiro atoms. The normalized spacial score (nSPS) is 16.3. The second kappa shape index (κ2) is 13.1. The number of hydrogen-bond donors (Lipinski definition) is 2. The molecule has 1 aliphatic rings. The van der Waals surface area contributed by atoms with Gasteiger partial charge in [0.2, 0.25) is 11.8 Å². The zero-order chi connectivity index (χ0) is 31.5. The summed E-state index contributed by atoms with van der Waals surface area (Å²) in [7, 11) is 1.42. The van der Waals surface area contributed by atoms with Crippen LogP contribution < -0.4 is 10.6 Å². The van der Waals surface area contributed by atoms with Gasteiger partial charge in [-0.05, 0) is 75.4 Å². The Morgan fingerprint density at radius 1 is 1.07 bits per heavy atom. The number of nitrogens with zero attached hydrogens (tertiary/aromatic N) is 2. The fraction of sp³-hybridized carbons (Fsp3) is 0.467. The van der Waals surface area contributed by atoms with Crippen LogP contribution in [-0.2, 0) is 25.5 Å². The first-order valence-corrected chi connectivity index (χ1v) is 14.0. The Morgan fingerprint density at radius 3 is 2.26 bits per heavy atom. The van der Waals surface area contributed by atoms with E-state index in [1.54, 1.807) is 52.8 Å². The highest BCUT2D eigenvalue weighted by Gasteiger charge is 2.41. The molecule has 1 unspecified atom stereocenters. The van der Waals surface area contributed by atoms with Crippen molar-refractivity contribution < 1.29 is 32.7 Å². The van der Waals surface area contributed by atoms with Gasteiger partial charge in [-0.1, -0.05) is 37.6 Å². The molecule has 3 rings (SSSR count). The quantitative estimate of drug-likeness (QED) is 0.457. The third kappa shape index (κ3) is 7.56. The third-order valence-corrected chi connectivity index (χ3v) is 7.18. The second-order valence-corrected chi connectivity index (χ2v) is 12.0. The number of amides is 4. The van der Waals surface area contributed by atoms with Crippen LogP contribution in [0.3, 0.4) is 0 Å². The fourth-order valence-corrected chi connectivity index (χ4v) is 4.75. The van der Waals surface area contributed by atoms with Crippen LogP contribution in [-0.4, -0.2) is 64.9 Å². The molecular weight excluding hydrogens is 570 g/mol. The maximum absolute atomic E-state index is 14.4. The van der Waals surface area contributed by atoms with Gasteiger partial charge < -0.3 is 20.3 Å². The molecule has 0 aliphatic carbocycles. The number of carbonyl (C=O) groups is 4. The number of rotatable bonds is 7. The summed E-state index contributed by atoms with van der Waals surface area (Å²) in [5.41, 5.74) is -0.254. The molecule has 0 saturated carbocycles. The van der Waals surface area contributed by atoms with E-state index in [1.807, 2.05) is 0 Å². The molecule has 2 N–H and O–H groups in total. The van der Waals surface area contributed by atoms with Crippen molar-refractivity contribution in [3.8, 4) is 0 Å². The van der Waals surface area contributed by atoms with Gasteiger partial charge in [-0.15, -0.1) is 0 Å². The average molecular weight is 607 g/mol. The minimum Gasteiger partial charge on any atom is -0.444 e. The molecule has 4 amide bonds. The molecule has 0 bridgehead atoms. The van der Waals surface area contributed by atoms with E-state index in [2.05, 4.69) is 10.6 Å². The van der Waals surface area contributed by atoms with E-state index in [0.29, 0.717) is 22.6 Å². The highest BCUT2D eigenvalue weighted by atomic mass is 35.5. The Hall–Kier alpha value is -3.73. The van der Waals surface area contributed by atoms with Crippen LogP contribution in [0.25, 0.3) is 0 Å². The van der Waals surface area contributed by atoms with Crippen molar-refractivity contribution in [2.45, 2.75) is 71.7 Å². The Bertz CT molecular complexity index is 1340. The molecule has 0 aromatic heterocycles. The summed E-state index contributed by atoms with van der Waals surface area (Å²) in [5.74, 6) is -4.36. The lowest BCUT2D eigenvalue weighted by atomic mass is 9.90. The molecule has 0 saturated heterocycles. The van der Waals surface area contributed by atoms with Crippen LogP contribution in [0.1, 0.15) is 58.7 Å². The van der Waals surface area contributed by atoms with Gasteiger partial charge in [-0.3, -0.25) is 19.3 Å². The summed E-state index contributed by atoms with van der Waals surface area (Å²) in [6.45, 7) is 10.1. The highest BCUT2D eigenvalue weighted by Crippen LogP contribution is 2.34. The standard InChI is InChI=1S/C30H37ClF2N4O5/c1-16(2)23(34-26(38)17(3)36(7)29(41)42-30(4,5)6)28(40)37-14-13-18-15-19(31)11-12-20(18)25(37)27(39)35-24-21(32)9-8-10-22(24)33/h8-12,15-17,23,25H,13-14H2,1-7H3,(H,34,38)(H,35,39)/t17?,23-,25-/m0/s1. The van der Waals surface area contributed by atoms with E-state index < -0.39 is 70.8 Å². The molecule has 2 aromatic carbocycles. The minimum atomic E-state index is -1.27. The Morgan fingerprint density at radius 2 is 1.69 bits per heavy atom. The molecule has 1 heterocycles. The summed E-state index contributed by atoms with van der Waals surface area (Å²) in [5, 5.41) is 5.45. The number of anilines is 1. The van der Waals surface area contributed by atoms with Gasteiger partial charge in [0.1, 0.15) is 41.0 Å². The van der Waals surface area contributed by atoms with E-state index in [0.717, 1.165) is 17.0 Å². The van der Waals surface area contributed by atoms with E-state index >= 15 is 0 Å². The summed E-state index contributed by atoms with van der Waals surface area (Å²) >= 11 is 6.17. The number of halogens is 3. The third-order valence-electron chi connectivity index (χ3n) is 6.95. The maximum atomic E-state index is 14.4. The number of carbonyl (C=O) groups excluding carboxylic acids is 4. The largest absolute Gasteiger partial charge is 0.444 e. The average Bonchev–Trinajstić information content (AvgIpc) is 2.90. The lowest BCUT2D eigenvalue weighted by Crippen LogP contribution is -2.58. The first-order valence-electron chi connectivity index (χ1n) is 13.6. The molecule has 42 heavy (non-hydrogen) atoms. The van der Waals surface area contributed by atoms with Crippen molar-refractivity contribution in [3.63, 3.8) is 0 Å². The van der Waals surface area contributed by atoms with Crippen LogP contribution in [0.2, 0.25) is 5.02 Å². The predicted molar refractivity (Wildman–Crippen MR) is 155 cm³/mol. The van der Waals surface area contributed by atoms with Crippen LogP contribution in [0.4, 0.5) is 19.3 Å². The van der Waals surface area contributed by atoms with Gasteiger partial charge in [-0.25, -0.2) is 13.6 Å². The van der Waals surface area contributed by atoms with Crippen molar-refractivity contribution in [2.75, 3.05) is 18.9 Å². The SMILES string of the molecule is CC(C)[C@H](NC(=O)C(C)N(C)C(=O)OC(C)(C)C)C(=O)N1CCc2cc(Cl)ccc2[C@H]1C(=O)Nc1c(F)cccc1F. The summed E-state index contributed by atoms with van der Waals surface area (Å²) in [4.78, 5) is 55.8. The number of hydrogen-bond acceptors (Lipinski definition) is 5. The lowest BCUT2D eigenvalue weighted by molar-refractivity contribution is -0.144. The summed E-state index contributed by atoms with van der Waals surface area (Å²) in [6, 6.07) is 4.70. The fourth-order valence-electron chi connectivity index (χ4n) is 4.56. The van der Waals surface area contributed by atoms with E-state index in [4.69, 9.17) is 16.3 Å². The Balaban J connectivity index is 1.91. The first-order chi connectivity index (χ1) is 19.5. The Kier molecular flexibility index (Phi) is 10.2. The smallest absolute Gasteiger partial charge is 0.410 e. The molecule has 9 nitrogen and oxygen atoms in total. The van der Waals surface area contributed by atoms with Crippen molar-refractivity contribution in [1.29, 1.82) is 0 Å². The van der Waals surface area contributed by atoms with Gasteiger partial charge in [0.25, 0.3) is 5.91 Å². The lowest BCUT2D eigenvalue weighted by Gasteiger charge is -2.39. The molecule has 2 aromatic rings. The molecule has 12 heteroatoms. The predicted octanol–water partition coefficient (Wildman–Crippen LogP) is 5.08. The van der Waals surface area contributed by atoms with Crippen molar-refractivity contribution in [1.82, 2.24) is 15.1 Å². The number of ether oxygens (including phenoxy) is 1. The molecule has 0 fully saturated rings. The number of nitrogens with one attached hydrogen (secondary N) is 2.